The molecule has 16 heavy (non-hydrogen) atoms. The van der Waals surface area contributed by atoms with Crippen molar-refractivity contribution in [2.45, 2.75) is 18.9 Å². The largest absolute Gasteiger partial charge is 0.393 e. The summed E-state index contributed by atoms with van der Waals surface area (Å²) in [6, 6.07) is 3.94. The number of rotatable bonds is 2. The lowest BCUT2D eigenvalue weighted by Crippen LogP contribution is -2.39. The number of aliphatic hydroxyl groups is 1. The topological polar surface area (TPSA) is 40.5 Å². The zero-order valence-electron chi connectivity index (χ0n) is 9.00. The molecule has 1 saturated heterocycles. The van der Waals surface area contributed by atoms with Crippen LogP contribution in [0.5, 0.6) is 0 Å². The van der Waals surface area contributed by atoms with E-state index in [1.807, 2.05) is 23.6 Å². The van der Waals surface area contributed by atoms with Crippen LogP contribution in [0.3, 0.4) is 0 Å². The molecule has 0 bridgehead atoms. The third kappa shape index (κ3) is 2.93. The van der Waals surface area contributed by atoms with Gasteiger partial charge in [-0.15, -0.1) is 11.3 Å². The standard InChI is InChI=1S/C12H15NO2S/c14-10-5-7-13(8-6-10)12(15)4-3-11-2-1-9-16-11/h1-4,9-10,14H,5-8H2/b4-3+. The highest BCUT2D eigenvalue weighted by molar-refractivity contribution is 7.10. The molecule has 0 aliphatic carbocycles. The quantitative estimate of drug-likeness (QED) is 0.796. The van der Waals surface area contributed by atoms with Gasteiger partial charge < -0.3 is 10.0 Å². The van der Waals surface area contributed by atoms with Gasteiger partial charge in [-0.1, -0.05) is 6.07 Å². The fourth-order valence-electron chi connectivity index (χ4n) is 1.73. The van der Waals surface area contributed by atoms with E-state index < -0.39 is 0 Å². The van der Waals surface area contributed by atoms with Crippen LogP contribution < -0.4 is 0 Å². The van der Waals surface area contributed by atoms with Crippen molar-refractivity contribution in [2.75, 3.05) is 13.1 Å². The van der Waals surface area contributed by atoms with Crippen molar-refractivity contribution in [1.29, 1.82) is 0 Å². The number of hydrogen-bond acceptors (Lipinski definition) is 3. The van der Waals surface area contributed by atoms with Gasteiger partial charge in [-0.2, -0.15) is 0 Å². The Morgan fingerprint density at radius 1 is 1.50 bits per heavy atom. The predicted molar refractivity (Wildman–Crippen MR) is 65.2 cm³/mol. The van der Waals surface area contributed by atoms with Crippen LogP contribution >= 0.6 is 11.3 Å². The molecule has 1 aliphatic heterocycles. The molecule has 1 fully saturated rings. The third-order valence-corrected chi connectivity index (χ3v) is 3.55. The summed E-state index contributed by atoms with van der Waals surface area (Å²) in [5.41, 5.74) is 0. The van der Waals surface area contributed by atoms with Crippen molar-refractivity contribution in [3.8, 4) is 0 Å². The molecular weight excluding hydrogens is 222 g/mol. The number of nitrogens with zero attached hydrogens (tertiary/aromatic N) is 1. The molecule has 0 saturated carbocycles. The van der Waals surface area contributed by atoms with E-state index >= 15 is 0 Å². The van der Waals surface area contributed by atoms with Gasteiger partial charge in [-0.05, 0) is 30.4 Å². The van der Waals surface area contributed by atoms with E-state index in [1.165, 1.54) is 0 Å². The van der Waals surface area contributed by atoms with Crippen molar-refractivity contribution in [2.24, 2.45) is 0 Å². The smallest absolute Gasteiger partial charge is 0.246 e. The van der Waals surface area contributed by atoms with Crippen LogP contribution in [0.25, 0.3) is 6.08 Å². The van der Waals surface area contributed by atoms with Crippen LogP contribution in [-0.2, 0) is 4.79 Å². The Morgan fingerprint density at radius 3 is 2.88 bits per heavy atom. The lowest BCUT2D eigenvalue weighted by Gasteiger charge is -2.28. The number of carbonyl (C=O) groups is 1. The van der Waals surface area contributed by atoms with Gasteiger partial charge in [0.1, 0.15) is 0 Å². The van der Waals surface area contributed by atoms with Crippen molar-refractivity contribution >= 4 is 23.3 Å². The van der Waals surface area contributed by atoms with Crippen LogP contribution in [0.1, 0.15) is 17.7 Å². The number of aliphatic hydroxyl groups excluding tert-OH is 1. The van der Waals surface area contributed by atoms with Gasteiger partial charge in [-0.3, -0.25) is 4.79 Å². The van der Waals surface area contributed by atoms with Crippen molar-refractivity contribution in [1.82, 2.24) is 4.90 Å². The molecule has 0 radical (unpaired) electrons. The fraction of sp³-hybridized carbons (Fsp3) is 0.417. The molecule has 1 N–H and O–H groups in total. The molecule has 4 heteroatoms. The molecule has 1 aromatic heterocycles. The first-order valence-electron chi connectivity index (χ1n) is 5.44. The maximum Gasteiger partial charge on any atom is 0.246 e. The molecular formula is C12H15NO2S. The second kappa shape index (κ2) is 5.27. The highest BCUT2D eigenvalue weighted by Gasteiger charge is 2.19. The SMILES string of the molecule is O=C(/C=C/c1cccs1)N1CCC(O)CC1. The summed E-state index contributed by atoms with van der Waals surface area (Å²) in [5.74, 6) is 0.0419. The van der Waals surface area contributed by atoms with E-state index in [-0.39, 0.29) is 12.0 Å². The number of piperidine rings is 1. The normalized spacial score (nSPS) is 18.2. The Morgan fingerprint density at radius 2 is 2.25 bits per heavy atom. The minimum absolute atomic E-state index is 0.0419. The van der Waals surface area contributed by atoms with Gasteiger partial charge in [0, 0.05) is 24.0 Å². The first kappa shape index (κ1) is 11.4. The minimum Gasteiger partial charge on any atom is -0.393 e. The van der Waals surface area contributed by atoms with Crippen LogP contribution in [0.4, 0.5) is 0 Å². The van der Waals surface area contributed by atoms with Crippen LogP contribution in [0.15, 0.2) is 23.6 Å². The molecule has 86 valence electrons. The average Bonchev–Trinajstić information content (AvgIpc) is 2.80. The predicted octanol–water partition coefficient (Wildman–Crippen LogP) is 1.74. The molecule has 0 spiro atoms. The number of hydrogen-bond donors (Lipinski definition) is 1. The highest BCUT2D eigenvalue weighted by atomic mass is 32.1. The van der Waals surface area contributed by atoms with Gasteiger partial charge in [-0.25, -0.2) is 0 Å². The third-order valence-electron chi connectivity index (χ3n) is 2.71. The molecule has 0 aromatic carbocycles. The van der Waals surface area contributed by atoms with Gasteiger partial charge in [0.15, 0.2) is 0 Å². The van der Waals surface area contributed by atoms with Gasteiger partial charge in [0.25, 0.3) is 0 Å². The number of amides is 1. The maximum absolute atomic E-state index is 11.8. The van der Waals surface area contributed by atoms with Gasteiger partial charge in [0.2, 0.25) is 5.91 Å². The van der Waals surface area contributed by atoms with Crippen molar-refractivity contribution in [3.05, 3.63) is 28.5 Å². The molecule has 1 amide bonds. The van der Waals surface area contributed by atoms with Gasteiger partial charge in [0.05, 0.1) is 6.10 Å². The molecule has 2 rings (SSSR count). The van der Waals surface area contributed by atoms with E-state index in [0.717, 1.165) is 4.88 Å². The summed E-state index contributed by atoms with van der Waals surface area (Å²) in [6.07, 6.45) is 4.61. The Hall–Kier alpha value is -1.13. The Balaban J connectivity index is 1.88. The summed E-state index contributed by atoms with van der Waals surface area (Å²) in [7, 11) is 0. The summed E-state index contributed by atoms with van der Waals surface area (Å²) >= 11 is 1.61. The Kier molecular flexibility index (Phi) is 3.74. The Labute approximate surface area is 99.0 Å². The lowest BCUT2D eigenvalue weighted by atomic mass is 10.1. The lowest BCUT2D eigenvalue weighted by molar-refractivity contribution is -0.127. The Bertz CT molecular complexity index is 364. The van der Waals surface area contributed by atoms with Crippen LogP contribution in [0.2, 0.25) is 0 Å². The number of carbonyl (C=O) groups excluding carboxylic acids is 1. The maximum atomic E-state index is 11.8. The summed E-state index contributed by atoms with van der Waals surface area (Å²) in [6.45, 7) is 1.32. The molecule has 1 aliphatic rings. The van der Waals surface area contributed by atoms with E-state index in [2.05, 4.69) is 0 Å². The van der Waals surface area contributed by atoms with E-state index in [1.54, 1.807) is 22.3 Å². The molecule has 2 heterocycles. The molecule has 0 atom stereocenters. The van der Waals surface area contributed by atoms with Crippen molar-refractivity contribution in [3.63, 3.8) is 0 Å². The number of likely N-dealkylation sites (tertiary alicyclic amines) is 1. The molecule has 1 aromatic rings. The van der Waals surface area contributed by atoms with Crippen LogP contribution in [0, 0.1) is 0 Å². The molecule has 0 unspecified atom stereocenters. The van der Waals surface area contributed by atoms with E-state index in [9.17, 15) is 9.90 Å². The zero-order valence-corrected chi connectivity index (χ0v) is 9.82. The monoisotopic (exact) mass is 237 g/mol. The van der Waals surface area contributed by atoms with E-state index in [4.69, 9.17) is 0 Å². The zero-order chi connectivity index (χ0) is 11.4. The van der Waals surface area contributed by atoms with Crippen LogP contribution in [-0.4, -0.2) is 35.1 Å². The molecule has 3 nitrogen and oxygen atoms in total. The fourth-order valence-corrected chi connectivity index (χ4v) is 2.35. The second-order valence-electron chi connectivity index (χ2n) is 3.91. The first-order chi connectivity index (χ1) is 7.75. The summed E-state index contributed by atoms with van der Waals surface area (Å²) < 4.78 is 0. The van der Waals surface area contributed by atoms with E-state index in [0.29, 0.717) is 25.9 Å². The number of thiophene rings is 1. The average molecular weight is 237 g/mol. The summed E-state index contributed by atoms with van der Waals surface area (Å²) in [4.78, 5) is 14.6. The second-order valence-corrected chi connectivity index (χ2v) is 4.88. The minimum atomic E-state index is -0.231. The highest BCUT2D eigenvalue weighted by Crippen LogP contribution is 2.13. The first-order valence-corrected chi connectivity index (χ1v) is 6.32. The van der Waals surface area contributed by atoms with Gasteiger partial charge >= 0.3 is 0 Å². The van der Waals surface area contributed by atoms with Crippen molar-refractivity contribution < 1.29 is 9.90 Å². The summed E-state index contributed by atoms with van der Waals surface area (Å²) in [5, 5.41) is 11.3.